The second-order valence-electron chi connectivity index (χ2n) is 7.84. The fourth-order valence-electron chi connectivity index (χ4n) is 3.74. The molecule has 4 rings (SSSR count). The molecule has 0 aliphatic heterocycles. The van der Waals surface area contributed by atoms with Gasteiger partial charge in [0.2, 0.25) is 0 Å². The maximum Gasteiger partial charge on any atom is 0.426 e. The molecule has 0 bridgehead atoms. The van der Waals surface area contributed by atoms with E-state index in [-0.39, 0.29) is 34.2 Å². The van der Waals surface area contributed by atoms with Gasteiger partial charge in [-0.05, 0) is 41.1 Å². The van der Waals surface area contributed by atoms with Crippen molar-refractivity contribution in [3.63, 3.8) is 0 Å². The van der Waals surface area contributed by atoms with Crippen molar-refractivity contribution in [2.45, 2.75) is 25.9 Å². The predicted octanol–water partition coefficient (Wildman–Crippen LogP) is 8.42. The molecule has 0 aromatic heterocycles. The Labute approximate surface area is 194 Å². The number of benzene rings is 4. The molecular weight excluding hydrogens is 480 g/mol. The van der Waals surface area contributed by atoms with Crippen molar-refractivity contribution in [3.8, 4) is 16.9 Å². The highest BCUT2D eigenvalue weighted by Crippen LogP contribution is 2.36. The van der Waals surface area contributed by atoms with Crippen LogP contribution in [0.5, 0.6) is 5.75 Å². The molecule has 4 aromatic rings. The van der Waals surface area contributed by atoms with Gasteiger partial charge in [-0.2, -0.15) is 8.78 Å². The van der Waals surface area contributed by atoms with E-state index in [0.717, 1.165) is 24.3 Å². The minimum Gasteiger partial charge on any atom is -0.429 e. The maximum atomic E-state index is 14.8. The Morgan fingerprint density at radius 3 is 1.94 bits per heavy atom. The van der Waals surface area contributed by atoms with Gasteiger partial charge in [0, 0.05) is 17.7 Å². The molecule has 0 heterocycles. The van der Waals surface area contributed by atoms with Gasteiger partial charge in [-0.3, -0.25) is 0 Å². The quantitative estimate of drug-likeness (QED) is 0.192. The van der Waals surface area contributed by atoms with Gasteiger partial charge in [0.15, 0.2) is 29.1 Å². The summed E-state index contributed by atoms with van der Waals surface area (Å²) in [6, 6.07) is 8.47. The van der Waals surface area contributed by atoms with Crippen LogP contribution >= 0.6 is 0 Å². The van der Waals surface area contributed by atoms with Crippen LogP contribution in [0, 0.1) is 34.9 Å². The van der Waals surface area contributed by atoms with Crippen LogP contribution < -0.4 is 4.74 Å². The van der Waals surface area contributed by atoms with Crippen LogP contribution in [-0.4, -0.2) is 0 Å². The van der Waals surface area contributed by atoms with Crippen molar-refractivity contribution >= 4 is 10.8 Å². The smallest absolute Gasteiger partial charge is 0.426 e. The fraction of sp³-hybridized carbons (Fsp3) is 0.154. The van der Waals surface area contributed by atoms with Crippen LogP contribution in [0.25, 0.3) is 21.9 Å². The monoisotopic (exact) mass is 496 g/mol. The molecule has 0 amide bonds. The van der Waals surface area contributed by atoms with Gasteiger partial charge in [-0.15, -0.1) is 0 Å². The molecule has 0 spiro atoms. The summed E-state index contributed by atoms with van der Waals surface area (Å²) in [5.41, 5.74) is -0.794. The van der Waals surface area contributed by atoms with E-state index in [1.54, 1.807) is 0 Å². The number of aryl methyl sites for hydroxylation is 1. The second kappa shape index (κ2) is 9.20. The average Bonchev–Trinajstić information content (AvgIpc) is 2.81. The number of halogens is 8. The lowest BCUT2D eigenvalue weighted by atomic mass is 9.96. The number of alkyl halides is 2. The normalized spacial score (nSPS) is 11.8. The van der Waals surface area contributed by atoms with Gasteiger partial charge < -0.3 is 4.74 Å². The molecule has 0 unspecified atom stereocenters. The first-order valence-corrected chi connectivity index (χ1v) is 10.4. The Balaban J connectivity index is 1.68. The fourth-order valence-corrected chi connectivity index (χ4v) is 3.74. The molecule has 0 saturated carbocycles. The first kappa shape index (κ1) is 24.5. The summed E-state index contributed by atoms with van der Waals surface area (Å²) in [5, 5.41) is -0.401. The molecule has 0 radical (unpaired) electrons. The van der Waals surface area contributed by atoms with Crippen LogP contribution in [0.1, 0.15) is 24.5 Å². The lowest BCUT2D eigenvalue weighted by Gasteiger charge is -2.19. The third kappa shape index (κ3) is 4.54. The van der Waals surface area contributed by atoms with E-state index < -0.39 is 57.7 Å². The molecule has 0 aliphatic carbocycles. The van der Waals surface area contributed by atoms with Crippen molar-refractivity contribution in [1.82, 2.24) is 0 Å². The standard InChI is InChI=1S/C26H16F8O/c1-2-3-14-4-5-15-10-18(23(30)25(32)21(15)22(14)29)13-6-8-16(9-7-13)26(33,34)35-17-11-19(27)24(31)20(28)12-17/h4-12H,2-3H2,1H3. The Morgan fingerprint density at radius 1 is 0.714 bits per heavy atom. The summed E-state index contributed by atoms with van der Waals surface area (Å²) in [7, 11) is 0. The van der Waals surface area contributed by atoms with Crippen molar-refractivity contribution in [3.05, 3.63) is 101 Å². The number of hydrogen-bond acceptors (Lipinski definition) is 1. The number of fused-ring (bicyclic) bond motifs is 1. The van der Waals surface area contributed by atoms with Gasteiger partial charge in [0.1, 0.15) is 11.6 Å². The van der Waals surface area contributed by atoms with Crippen LogP contribution in [0.2, 0.25) is 0 Å². The molecule has 0 aliphatic rings. The van der Waals surface area contributed by atoms with Crippen LogP contribution in [0.15, 0.2) is 54.6 Å². The van der Waals surface area contributed by atoms with Crippen LogP contribution in [-0.2, 0) is 12.5 Å². The molecule has 0 N–H and O–H groups in total. The largest absolute Gasteiger partial charge is 0.429 e. The van der Waals surface area contributed by atoms with E-state index in [0.29, 0.717) is 12.8 Å². The van der Waals surface area contributed by atoms with E-state index in [1.807, 2.05) is 6.92 Å². The molecule has 0 fully saturated rings. The molecule has 182 valence electrons. The topological polar surface area (TPSA) is 9.23 Å². The SMILES string of the molecule is CCCc1ccc2cc(-c3ccc(C(F)(F)Oc4cc(F)c(F)c(F)c4)cc3)c(F)c(F)c2c1F. The summed E-state index contributed by atoms with van der Waals surface area (Å²) in [6.45, 7) is 1.82. The highest BCUT2D eigenvalue weighted by molar-refractivity contribution is 5.89. The van der Waals surface area contributed by atoms with E-state index in [4.69, 9.17) is 0 Å². The van der Waals surface area contributed by atoms with E-state index >= 15 is 0 Å². The predicted molar refractivity (Wildman–Crippen MR) is 114 cm³/mol. The van der Waals surface area contributed by atoms with Gasteiger partial charge in [0.05, 0.1) is 10.9 Å². The molecule has 1 nitrogen and oxygen atoms in total. The highest BCUT2D eigenvalue weighted by Gasteiger charge is 2.35. The second-order valence-corrected chi connectivity index (χ2v) is 7.84. The Morgan fingerprint density at radius 2 is 1.34 bits per heavy atom. The summed E-state index contributed by atoms with van der Waals surface area (Å²) < 4.78 is 117. The van der Waals surface area contributed by atoms with Gasteiger partial charge >= 0.3 is 6.11 Å². The van der Waals surface area contributed by atoms with Crippen molar-refractivity contribution < 1.29 is 39.9 Å². The molecular formula is C26H16F8O. The Kier molecular flexibility index (Phi) is 6.44. The third-order valence-electron chi connectivity index (χ3n) is 5.46. The molecule has 0 atom stereocenters. The Bertz CT molecular complexity index is 1390. The lowest BCUT2D eigenvalue weighted by Crippen LogP contribution is -2.22. The summed E-state index contributed by atoms with van der Waals surface area (Å²) in [4.78, 5) is 0. The van der Waals surface area contributed by atoms with Crippen molar-refractivity contribution in [1.29, 1.82) is 0 Å². The summed E-state index contributed by atoms with van der Waals surface area (Å²) in [5.74, 6) is -9.81. The number of rotatable bonds is 6. The minimum absolute atomic E-state index is 0.0137. The van der Waals surface area contributed by atoms with Crippen LogP contribution in [0.3, 0.4) is 0 Å². The molecule has 9 heteroatoms. The first-order valence-electron chi connectivity index (χ1n) is 10.4. The van der Waals surface area contributed by atoms with Crippen LogP contribution in [0.4, 0.5) is 35.1 Å². The molecule has 35 heavy (non-hydrogen) atoms. The average molecular weight is 496 g/mol. The maximum absolute atomic E-state index is 14.8. The zero-order chi connectivity index (χ0) is 25.5. The third-order valence-corrected chi connectivity index (χ3v) is 5.46. The zero-order valence-electron chi connectivity index (χ0n) is 18.0. The minimum atomic E-state index is -4.10. The van der Waals surface area contributed by atoms with E-state index in [1.165, 1.54) is 18.2 Å². The zero-order valence-corrected chi connectivity index (χ0v) is 18.0. The molecule has 4 aromatic carbocycles. The number of ether oxygens (including phenoxy) is 1. The highest BCUT2D eigenvalue weighted by atomic mass is 19.3. The van der Waals surface area contributed by atoms with Gasteiger partial charge in [-0.1, -0.05) is 37.6 Å². The molecule has 0 saturated heterocycles. The first-order chi connectivity index (χ1) is 16.5. The summed E-state index contributed by atoms with van der Waals surface area (Å²) >= 11 is 0. The van der Waals surface area contributed by atoms with Gasteiger partial charge in [0.25, 0.3) is 0 Å². The van der Waals surface area contributed by atoms with Crippen molar-refractivity contribution in [2.75, 3.05) is 0 Å². The lowest BCUT2D eigenvalue weighted by molar-refractivity contribution is -0.185. The summed E-state index contributed by atoms with van der Waals surface area (Å²) in [6.07, 6.45) is -3.14. The van der Waals surface area contributed by atoms with E-state index in [9.17, 15) is 35.1 Å². The van der Waals surface area contributed by atoms with Crippen molar-refractivity contribution in [2.24, 2.45) is 0 Å². The Hall–Kier alpha value is -3.62. The van der Waals surface area contributed by atoms with Gasteiger partial charge in [-0.25, -0.2) is 26.3 Å². The number of hydrogen-bond donors (Lipinski definition) is 0. The van der Waals surface area contributed by atoms with E-state index in [2.05, 4.69) is 4.74 Å².